The van der Waals surface area contributed by atoms with E-state index >= 15 is 0 Å². The van der Waals surface area contributed by atoms with Crippen molar-refractivity contribution in [3.05, 3.63) is 59.0 Å². The van der Waals surface area contributed by atoms with Crippen molar-refractivity contribution in [3.63, 3.8) is 0 Å². The molecule has 0 atom stereocenters. The number of rotatable bonds is 4. The summed E-state index contributed by atoms with van der Waals surface area (Å²) in [6.07, 6.45) is 3.29. The molecule has 26 heavy (non-hydrogen) atoms. The van der Waals surface area contributed by atoms with Crippen molar-refractivity contribution >= 4 is 28.3 Å². The van der Waals surface area contributed by atoms with Gasteiger partial charge in [0.15, 0.2) is 0 Å². The highest BCUT2D eigenvalue weighted by Gasteiger charge is 2.16. The summed E-state index contributed by atoms with van der Waals surface area (Å²) in [6, 6.07) is 7.51. The van der Waals surface area contributed by atoms with Gasteiger partial charge >= 0.3 is 0 Å². The van der Waals surface area contributed by atoms with Gasteiger partial charge in [0.1, 0.15) is 17.2 Å². The number of nitrogens with one attached hydrogen (secondary N) is 1. The second kappa shape index (κ2) is 7.04. The zero-order valence-electron chi connectivity index (χ0n) is 15.6. The Bertz CT molecular complexity index is 1020. The summed E-state index contributed by atoms with van der Waals surface area (Å²) in [4.78, 5) is 16.7. The van der Waals surface area contributed by atoms with Crippen LogP contribution in [0.1, 0.15) is 29.3 Å². The lowest BCUT2D eigenvalue weighted by molar-refractivity contribution is -0.111. The molecule has 5 nitrogen and oxygen atoms in total. The van der Waals surface area contributed by atoms with Crippen LogP contribution >= 0.6 is 0 Å². The molecule has 2 heterocycles. The molecular formula is C21H22N2O3. The molecule has 0 spiro atoms. The molecule has 0 saturated carbocycles. The van der Waals surface area contributed by atoms with Crippen LogP contribution in [0.3, 0.4) is 0 Å². The number of benzene rings is 1. The Hall–Kier alpha value is -3.08. The number of allylic oxidation sites excluding steroid dienone is 1. The quantitative estimate of drug-likeness (QED) is 0.686. The van der Waals surface area contributed by atoms with E-state index < -0.39 is 0 Å². The summed E-state index contributed by atoms with van der Waals surface area (Å²) < 4.78 is 11.2. The Morgan fingerprint density at radius 1 is 1.27 bits per heavy atom. The van der Waals surface area contributed by atoms with Crippen LogP contribution in [0.4, 0.5) is 5.82 Å². The number of nitrogens with zero attached hydrogens (tertiary/aromatic N) is 1. The first-order valence-electron chi connectivity index (χ1n) is 8.39. The molecule has 1 aromatic carbocycles. The fraction of sp³-hybridized carbons (Fsp3) is 0.238. The van der Waals surface area contributed by atoms with Crippen molar-refractivity contribution in [2.75, 3.05) is 12.4 Å². The molecule has 0 aliphatic rings. The Morgan fingerprint density at radius 3 is 2.73 bits per heavy atom. The van der Waals surface area contributed by atoms with Gasteiger partial charge in [0.05, 0.1) is 13.4 Å². The van der Waals surface area contributed by atoms with Crippen LogP contribution in [0.15, 0.2) is 41.0 Å². The maximum Gasteiger partial charge on any atom is 0.249 e. The first kappa shape index (κ1) is 17.7. The lowest BCUT2D eigenvalue weighted by Gasteiger charge is -2.13. The summed E-state index contributed by atoms with van der Waals surface area (Å²) >= 11 is 0. The highest BCUT2D eigenvalue weighted by Crippen LogP contribution is 2.37. The van der Waals surface area contributed by atoms with Crippen molar-refractivity contribution in [1.82, 2.24) is 4.98 Å². The molecule has 3 rings (SSSR count). The lowest BCUT2D eigenvalue weighted by Crippen LogP contribution is -2.10. The van der Waals surface area contributed by atoms with E-state index in [4.69, 9.17) is 9.15 Å². The Kier molecular flexibility index (Phi) is 4.80. The van der Waals surface area contributed by atoms with Gasteiger partial charge in [-0.1, -0.05) is 6.07 Å². The van der Waals surface area contributed by atoms with Crippen molar-refractivity contribution in [2.24, 2.45) is 0 Å². The summed E-state index contributed by atoms with van der Waals surface area (Å²) in [5.74, 6) is 1.01. The monoisotopic (exact) mass is 350 g/mol. The van der Waals surface area contributed by atoms with Crippen LogP contribution < -0.4 is 10.1 Å². The number of hydrogen-bond donors (Lipinski definition) is 1. The number of furan rings is 1. The molecule has 1 amide bonds. The minimum atomic E-state index is -0.232. The Balaban J connectivity index is 1.98. The van der Waals surface area contributed by atoms with Crippen LogP contribution in [0.5, 0.6) is 5.75 Å². The van der Waals surface area contributed by atoms with Crippen LogP contribution in [0.25, 0.3) is 16.5 Å². The number of methoxy groups -OCH3 is 1. The molecule has 0 unspecified atom stereocenters. The van der Waals surface area contributed by atoms with E-state index in [1.807, 2.05) is 45.9 Å². The van der Waals surface area contributed by atoms with Crippen LogP contribution in [0, 0.1) is 20.8 Å². The molecule has 134 valence electrons. The van der Waals surface area contributed by atoms with Gasteiger partial charge < -0.3 is 14.5 Å². The van der Waals surface area contributed by atoms with Gasteiger partial charge in [-0.05, 0) is 57.0 Å². The molecule has 3 aromatic rings. The van der Waals surface area contributed by atoms with Crippen molar-refractivity contribution in [3.8, 4) is 5.75 Å². The second-order valence-corrected chi connectivity index (χ2v) is 6.36. The van der Waals surface area contributed by atoms with E-state index in [1.54, 1.807) is 25.5 Å². The molecule has 0 fully saturated rings. The van der Waals surface area contributed by atoms with Crippen LogP contribution in [-0.2, 0) is 4.79 Å². The highest BCUT2D eigenvalue weighted by molar-refractivity contribution is 6.04. The third kappa shape index (κ3) is 3.33. The highest BCUT2D eigenvalue weighted by atomic mass is 16.5. The van der Waals surface area contributed by atoms with Gasteiger partial charge in [0, 0.05) is 28.3 Å². The van der Waals surface area contributed by atoms with Crippen LogP contribution in [-0.4, -0.2) is 18.0 Å². The van der Waals surface area contributed by atoms with Crippen molar-refractivity contribution < 1.29 is 13.9 Å². The number of carbonyl (C=O) groups excluding carboxylic acids is 1. The minimum Gasteiger partial charge on any atom is -0.496 e. The molecule has 0 saturated heterocycles. The number of fused-ring (bicyclic) bond motifs is 1. The topological polar surface area (TPSA) is 64.4 Å². The number of ether oxygens (including phenoxy) is 1. The number of anilines is 1. The van der Waals surface area contributed by atoms with E-state index in [-0.39, 0.29) is 5.91 Å². The average molecular weight is 350 g/mol. The summed E-state index contributed by atoms with van der Waals surface area (Å²) in [6.45, 7) is 7.73. The molecule has 0 bridgehead atoms. The maximum atomic E-state index is 12.4. The molecule has 0 aliphatic carbocycles. The number of carbonyl (C=O) groups is 1. The standard InChI is InChI=1S/C21H22N2O3/c1-12(9-19(24)23-18-8-6-7-14(3)22-18)16-10-17-13(2)11-26-21(17)15(4)20(16)25-5/h6-11H,1-5H3,(H,22,23,24)/b12-9+. The van der Waals surface area contributed by atoms with E-state index in [0.717, 1.165) is 38.9 Å². The van der Waals surface area contributed by atoms with Gasteiger partial charge in [0.2, 0.25) is 5.91 Å². The first-order valence-corrected chi connectivity index (χ1v) is 8.39. The zero-order chi connectivity index (χ0) is 18.8. The molecule has 5 heteroatoms. The molecule has 0 aliphatic heterocycles. The average Bonchev–Trinajstić information content (AvgIpc) is 2.96. The maximum absolute atomic E-state index is 12.4. The lowest BCUT2D eigenvalue weighted by atomic mass is 9.98. The number of pyridine rings is 1. The SMILES string of the molecule is COc1c(/C(C)=C/C(=O)Nc2cccc(C)n2)cc2c(C)coc2c1C. The molecule has 0 radical (unpaired) electrons. The Labute approximate surface area is 152 Å². The first-order chi connectivity index (χ1) is 12.4. The molecule has 2 aromatic heterocycles. The van der Waals surface area contributed by atoms with E-state index in [1.165, 1.54) is 0 Å². The minimum absolute atomic E-state index is 0.232. The van der Waals surface area contributed by atoms with Gasteiger partial charge in [-0.15, -0.1) is 0 Å². The number of aryl methyl sites for hydroxylation is 3. The Morgan fingerprint density at radius 2 is 2.04 bits per heavy atom. The normalized spacial score (nSPS) is 11.7. The zero-order valence-corrected chi connectivity index (χ0v) is 15.6. The fourth-order valence-electron chi connectivity index (χ4n) is 3.04. The fourth-order valence-corrected chi connectivity index (χ4v) is 3.04. The van der Waals surface area contributed by atoms with E-state index in [2.05, 4.69) is 10.3 Å². The molecule has 1 N–H and O–H groups in total. The van der Waals surface area contributed by atoms with Gasteiger partial charge in [-0.2, -0.15) is 0 Å². The van der Waals surface area contributed by atoms with E-state index in [0.29, 0.717) is 11.6 Å². The molecular weight excluding hydrogens is 328 g/mol. The van der Waals surface area contributed by atoms with E-state index in [9.17, 15) is 4.79 Å². The van der Waals surface area contributed by atoms with Gasteiger partial charge in [-0.25, -0.2) is 4.98 Å². The van der Waals surface area contributed by atoms with Crippen LogP contribution in [0.2, 0.25) is 0 Å². The van der Waals surface area contributed by atoms with Gasteiger partial charge in [-0.3, -0.25) is 4.79 Å². The number of hydrogen-bond acceptors (Lipinski definition) is 4. The second-order valence-electron chi connectivity index (χ2n) is 6.36. The van der Waals surface area contributed by atoms with Crippen molar-refractivity contribution in [2.45, 2.75) is 27.7 Å². The van der Waals surface area contributed by atoms with Crippen molar-refractivity contribution in [1.29, 1.82) is 0 Å². The number of aromatic nitrogens is 1. The summed E-state index contributed by atoms with van der Waals surface area (Å²) in [5, 5.41) is 3.81. The summed E-state index contributed by atoms with van der Waals surface area (Å²) in [7, 11) is 1.62. The summed E-state index contributed by atoms with van der Waals surface area (Å²) in [5.41, 5.74) is 5.30. The predicted molar refractivity (Wildman–Crippen MR) is 103 cm³/mol. The number of amides is 1. The third-order valence-corrected chi connectivity index (χ3v) is 4.35. The largest absolute Gasteiger partial charge is 0.496 e. The van der Waals surface area contributed by atoms with Gasteiger partial charge in [0.25, 0.3) is 0 Å². The smallest absolute Gasteiger partial charge is 0.249 e. The third-order valence-electron chi connectivity index (χ3n) is 4.35. The predicted octanol–water partition coefficient (Wildman–Crippen LogP) is 4.80.